The Labute approximate surface area is 241 Å². The molecule has 0 atom stereocenters. The first-order valence-electron chi connectivity index (χ1n) is 14.4. The van der Waals surface area contributed by atoms with Crippen molar-refractivity contribution in [2.24, 2.45) is 0 Å². The van der Waals surface area contributed by atoms with Crippen LogP contribution in [0, 0.1) is 0 Å². The minimum atomic E-state index is -0.124. The number of aromatic amines is 1. The van der Waals surface area contributed by atoms with Crippen LogP contribution in [0.4, 0.5) is 5.69 Å². The van der Waals surface area contributed by atoms with Crippen LogP contribution in [0.5, 0.6) is 0 Å². The molecule has 6 nitrogen and oxygen atoms in total. The number of anilines is 1. The molecule has 0 unspecified atom stereocenters. The second kappa shape index (κ2) is 17.1. The number of amides is 1. The molecule has 3 rings (SSSR count). The number of carbonyl (C=O) groups excluding carboxylic acids is 1. The number of H-pyrrole nitrogens is 1. The number of rotatable bonds is 10. The number of allylic oxidation sites excluding steroid dienone is 6. The van der Waals surface area contributed by atoms with Crippen molar-refractivity contribution in [1.82, 2.24) is 14.8 Å². The molecule has 0 radical (unpaired) electrons. The molecule has 0 aliphatic carbocycles. The lowest BCUT2D eigenvalue weighted by Gasteiger charge is -2.38. The molecule has 1 aromatic carbocycles. The summed E-state index contributed by atoms with van der Waals surface area (Å²) in [5.74, 6) is 0.102. The molecule has 1 aliphatic heterocycles. The van der Waals surface area contributed by atoms with Gasteiger partial charge in [-0.05, 0) is 113 Å². The SMILES string of the molecule is C/C=C\C.C=C(C)/C(=C\C=C(/C)c1cc[nH]c(=O)c1)Nc1ccc(C(=O)N2CCC(N(CC)CCC)CC2)cc1. The first-order valence-corrected chi connectivity index (χ1v) is 14.4. The van der Waals surface area contributed by atoms with Crippen LogP contribution in [0.3, 0.4) is 0 Å². The number of nitrogens with one attached hydrogen (secondary N) is 2. The topological polar surface area (TPSA) is 68.4 Å². The standard InChI is InChI=1S/C30H40N4O2.C4H8/c1-6-18-33(7-2)27-15-19-34(20-16-27)30(36)24-9-11-26(12-10-24)32-28(22(3)4)13-8-23(5)25-14-17-31-29(35)21-25;1-3-4-2/h8-14,17,21,27,32H,3,6-7,15-16,18-20H2,1-2,4-5H3,(H,31,35);3-4H,1-2H3/b23-8+,28-13+;4-3-. The molecule has 2 heterocycles. The number of benzene rings is 1. The van der Waals surface area contributed by atoms with E-state index in [2.05, 4.69) is 35.6 Å². The van der Waals surface area contributed by atoms with Crippen molar-refractivity contribution in [3.63, 3.8) is 0 Å². The third-order valence-electron chi connectivity index (χ3n) is 7.12. The Kier molecular flexibility index (Phi) is 14.0. The third kappa shape index (κ3) is 10.2. The van der Waals surface area contributed by atoms with E-state index in [0.717, 1.165) is 67.1 Å². The van der Waals surface area contributed by atoms with Gasteiger partial charge in [0, 0.05) is 48.3 Å². The van der Waals surface area contributed by atoms with Crippen LogP contribution in [0.25, 0.3) is 5.57 Å². The molecule has 1 saturated heterocycles. The quantitative estimate of drug-likeness (QED) is 0.244. The molecule has 0 saturated carbocycles. The van der Waals surface area contributed by atoms with Gasteiger partial charge in [-0.2, -0.15) is 0 Å². The average Bonchev–Trinajstić information content (AvgIpc) is 2.98. The van der Waals surface area contributed by atoms with Crippen molar-refractivity contribution in [3.05, 3.63) is 106 Å². The van der Waals surface area contributed by atoms with Crippen molar-refractivity contribution < 1.29 is 4.79 Å². The van der Waals surface area contributed by atoms with Crippen LogP contribution < -0.4 is 10.9 Å². The van der Waals surface area contributed by atoms with Crippen molar-refractivity contribution in [2.45, 2.75) is 66.8 Å². The second-order valence-electron chi connectivity index (χ2n) is 10.2. The van der Waals surface area contributed by atoms with E-state index in [4.69, 9.17) is 0 Å². The zero-order valence-electron chi connectivity index (χ0n) is 25.3. The van der Waals surface area contributed by atoms with E-state index in [1.54, 1.807) is 12.3 Å². The van der Waals surface area contributed by atoms with E-state index in [1.165, 1.54) is 6.42 Å². The molecule has 1 amide bonds. The number of hydrogen-bond acceptors (Lipinski definition) is 4. The summed E-state index contributed by atoms with van der Waals surface area (Å²) in [4.78, 5) is 31.8. The van der Waals surface area contributed by atoms with Gasteiger partial charge in [0.15, 0.2) is 0 Å². The molecule has 2 N–H and O–H groups in total. The molecule has 6 heteroatoms. The van der Waals surface area contributed by atoms with Gasteiger partial charge in [0.05, 0.1) is 0 Å². The Morgan fingerprint density at radius 1 is 1.05 bits per heavy atom. The van der Waals surface area contributed by atoms with Gasteiger partial charge in [-0.15, -0.1) is 0 Å². The molecular formula is C34H48N4O2. The monoisotopic (exact) mass is 544 g/mol. The van der Waals surface area contributed by atoms with E-state index in [9.17, 15) is 9.59 Å². The maximum Gasteiger partial charge on any atom is 0.253 e. The van der Waals surface area contributed by atoms with Gasteiger partial charge in [-0.3, -0.25) is 9.59 Å². The first-order chi connectivity index (χ1) is 19.2. The average molecular weight is 545 g/mol. The van der Waals surface area contributed by atoms with E-state index in [-0.39, 0.29) is 11.5 Å². The zero-order chi connectivity index (χ0) is 29.5. The molecule has 1 aliphatic rings. The van der Waals surface area contributed by atoms with Gasteiger partial charge in [0.1, 0.15) is 0 Å². The van der Waals surface area contributed by atoms with Crippen molar-refractivity contribution in [3.8, 4) is 0 Å². The summed E-state index contributed by atoms with van der Waals surface area (Å²) in [6.07, 6.45) is 12.8. The minimum Gasteiger partial charge on any atom is -0.355 e. The minimum absolute atomic E-state index is 0.102. The fraction of sp³-hybridized carbons (Fsp3) is 0.412. The van der Waals surface area contributed by atoms with Crippen LogP contribution >= 0.6 is 0 Å². The summed E-state index contributed by atoms with van der Waals surface area (Å²) in [7, 11) is 0. The molecule has 1 fully saturated rings. The highest BCUT2D eigenvalue weighted by molar-refractivity contribution is 5.94. The van der Waals surface area contributed by atoms with Crippen molar-refractivity contribution in [2.75, 3.05) is 31.5 Å². The number of carbonyl (C=O) groups is 1. The molecular weight excluding hydrogens is 496 g/mol. The van der Waals surface area contributed by atoms with E-state index in [1.807, 2.05) is 87.2 Å². The fourth-order valence-electron chi connectivity index (χ4n) is 4.64. The predicted molar refractivity (Wildman–Crippen MR) is 171 cm³/mol. The fourth-order valence-corrected chi connectivity index (χ4v) is 4.64. The number of aromatic nitrogens is 1. The molecule has 2 aromatic rings. The number of pyridine rings is 1. The van der Waals surface area contributed by atoms with E-state index >= 15 is 0 Å². The largest absolute Gasteiger partial charge is 0.355 e. The third-order valence-corrected chi connectivity index (χ3v) is 7.12. The summed E-state index contributed by atoms with van der Waals surface area (Å²) >= 11 is 0. The second-order valence-corrected chi connectivity index (χ2v) is 10.2. The lowest BCUT2D eigenvalue weighted by atomic mass is 10.0. The molecule has 0 bridgehead atoms. The van der Waals surface area contributed by atoms with E-state index in [0.29, 0.717) is 11.6 Å². The number of piperidine rings is 1. The van der Waals surface area contributed by atoms with Gasteiger partial charge >= 0.3 is 0 Å². The van der Waals surface area contributed by atoms with Crippen LogP contribution in [-0.4, -0.2) is 52.9 Å². The zero-order valence-corrected chi connectivity index (χ0v) is 25.3. The van der Waals surface area contributed by atoms with Gasteiger partial charge in [-0.1, -0.05) is 38.7 Å². The molecule has 1 aromatic heterocycles. The van der Waals surface area contributed by atoms with Gasteiger partial charge in [0.2, 0.25) is 5.56 Å². The summed E-state index contributed by atoms with van der Waals surface area (Å²) in [5, 5.41) is 3.40. The lowest BCUT2D eigenvalue weighted by Crippen LogP contribution is -2.46. The number of likely N-dealkylation sites (tertiary alicyclic amines) is 1. The Morgan fingerprint density at radius 3 is 2.23 bits per heavy atom. The smallest absolute Gasteiger partial charge is 0.253 e. The van der Waals surface area contributed by atoms with Crippen molar-refractivity contribution in [1.29, 1.82) is 0 Å². The molecule has 40 heavy (non-hydrogen) atoms. The lowest BCUT2D eigenvalue weighted by molar-refractivity contribution is 0.0625. The molecule has 216 valence electrons. The maximum atomic E-state index is 13.1. The Balaban J connectivity index is 0.00000131. The normalized spacial score (nSPS) is 14.7. The first kappa shape index (κ1) is 32.6. The maximum absolute atomic E-state index is 13.1. The summed E-state index contributed by atoms with van der Waals surface area (Å²) in [5.41, 5.74) is 5.08. The van der Waals surface area contributed by atoms with Gasteiger partial charge in [-0.25, -0.2) is 0 Å². The van der Waals surface area contributed by atoms with Crippen molar-refractivity contribution >= 4 is 17.2 Å². The highest BCUT2D eigenvalue weighted by Crippen LogP contribution is 2.21. The Bertz CT molecular complexity index is 1230. The number of nitrogens with zero attached hydrogens (tertiary/aromatic N) is 2. The van der Waals surface area contributed by atoms with E-state index < -0.39 is 0 Å². The summed E-state index contributed by atoms with van der Waals surface area (Å²) < 4.78 is 0. The summed E-state index contributed by atoms with van der Waals surface area (Å²) in [6.45, 7) is 20.3. The number of hydrogen-bond donors (Lipinski definition) is 2. The van der Waals surface area contributed by atoms with Gasteiger partial charge < -0.3 is 20.1 Å². The van der Waals surface area contributed by atoms with Crippen LogP contribution in [0.1, 0.15) is 76.7 Å². The van der Waals surface area contributed by atoms with Crippen LogP contribution in [-0.2, 0) is 0 Å². The summed E-state index contributed by atoms with van der Waals surface area (Å²) in [6, 6.07) is 11.7. The molecule has 0 spiro atoms. The predicted octanol–water partition coefficient (Wildman–Crippen LogP) is 7.27. The Hall–Kier alpha value is -3.64. The van der Waals surface area contributed by atoms with Crippen LogP contribution in [0.2, 0.25) is 0 Å². The van der Waals surface area contributed by atoms with Crippen LogP contribution in [0.15, 0.2) is 89.5 Å². The Morgan fingerprint density at radius 2 is 1.70 bits per heavy atom. The highest BCUT2D eigenvalue weighted by atomic mass is 16.2. The highest BCUT2D eigenvalue weighted by Gasteiger charge is 2.26. The van der Waals surface area contributed by atoms with Gasteiger partial charge in [0.25, 0.3) is 5.91 Å².